The van der Waals surface area contributed by atoms with E-state index in [-0.39, 0.29) is 18.0 Å². The van der Waals surface area contributed by atoms with E-state index < -0.39 is 17.5 Å². The van der Waals surface area contributed by atoms with Crippen molar-refractivity contribution in [1.29, 1.82) is 0 Å². The topological polar surface area (TPSA) is 88.9 Å². The minimum Gasteiger partial charge on any atom is -0.465 e. The van der Waals surface area contributed by atoms with Gasteiger partial charge in [0.2, 0.25) is 0 Å². The molecule has 2 aromatic rings. The summed E-state index contributed by atoms with van der Waals surface area (Å²) in [6.45, 7) is 1.60. The molecule has 4 rings (SSSR count). The molecule has 1 N–H and O–H groups in total. The molecule has 0 radical (unpaired) electrons. The molecule has 7 nitrogen and oxygen atoms in total. The number of esters is 1. The van der Waals surface area contributed by atoms with Crippen LogP contribution in [0.15, 0.2) is 34.7 Å². The van der Waals surface area contributed by atoms with Crippen molar-refractivity contribution >= 4 is 17.9 Å². The molecule has 1 fully saturated rings. The minimum atomic E-state index is -1.02. The standard InChI is InChI=1S/C20H20N2O5/c1-12-15(17(23)26-2)10-14(27-12)11-22-18(24)20(21-19(22)25)9-5-7-13-6-3-4-8-16(13)20/h3-4,6,8,10H,5,7,9,11H2,1-2H3,(H,21,25)/t20-/m0/s1. The molecule has 0 saturated carbocycles. The Morgan fingerprint density at radius 2 is 2.11 bits per heavy atom. The van der Waals surface area contributed by atoms with Gasteiger partial charge in [0.05, 0.1) is 13.7 Å². The quantitative estimate of drug-likeness (QED) is 0.665. The number of amides is 3. The number of aryl methyl sites for hydroxylation is 2. The molecular formula is C20H20N2O5. The number of ether oxygens (including phenoxy) is 1. The summed E-state index contributed by atoms with van der Waals surface area (Å²) in [5.41, 5.74) is 1.22. The predicted molar refractivity (Wildman–Crippen MR) is 94.9 cm³/mol. The fourth-order valence-corrected chi connectivity index (χ4v) is 4.05. The minimum absolute atomic E-state index is 0.0353. The molecule has 1 aromatic carbocycles. The molecule has 2 heterocycles. The number of urea groups is 1. The van der Waals surface area contributed by atoms with Gasteiger partial charge in [-0.2, -0.15) is 0 Å². The van der Waals surface area contributed by atoms with Crippen molar-refractivity contribution in [3.05, 3.63) is 58.5 Å². The first kappa shape index (κ1) is 17.3. The summed E-state index contributed by atoms with van der Waals surface area (Å²) in [7, 11) is 1.29. The first-order valence-electron chi connectivity index (χ1n) is 8.86. The third-order valence-electron chi connectivity index (χ3n) is 5.34. The zero-order valence-electron chi connectivity index (χ0n) is 15.2. The van der Waals surface area contributed by atoms with Crippen LogP contribution in [0, 0.1) is 6.92 Å². The van der Waals surface area contributed by atoms with Crippen LogP contribution in [0.5, 0.6) is 0 Å². The molecule has 0 bridgehead atoms. The summed E-state index contributed by atoms with van der Waals surface area (Å²) in [5.74, 6) is -0.0510. The molecule has 2 aliphatic rings. The van der Waals surface area contributed by atoms with Gasteiger partial charge in [0.15, 0.2) is 0 Å². The number of benzene rings is 1. The van der Waals surface area contributed by atoms with Gasteiger partial charge in [-0.3, -0.25) is 9.69 Å². The second-order valence-corrected chi connectivity index (χ2v) is 6.91. The number of carbonyl (C=O) groups is 3. The lowest BCUT2D eigenvalue weighted by Gasteiger charge is -2.33. The Balaban J connectivity index is 1.65. The fraction of sp³-hybridized carbons (Fsp3) is 0.350. The number of hydrogen-bond acceptors (Lipinski definition) is 5. The number of furan rings is 1. The number of carbonyl (C=O) groups excluding carboxylic acids is 3. The third kappa shape index (κ3) is 2.61. The smallest absolute Gasteiger partial charge is 0.341 e. The number of methoxy groups -OCH3 is 1. The van der Waals surface area contributed by atoms with Crippen molar-refractivity contribution in [1.82, 2.24) is 10.2 Å². The Labute approximate surface area is 156 Å². The summed E-state index contributed by atoms with van der Waals surface area (Å²) in [5, 5.41) is 2.91. The van der Waals surface area contributed by atoms with Gasteiger partial charge < -0.3 is 14.5 Å². The van der Waals surface area contributed by atoms with E-state index >= 15 is 0 Å². The molecule has 1 spiro atoms. The zero-order chi connectivity index (χ0) is 19.2. The highest BCUT2D eigenvalue weighted by Crippen LogP contribution is 2.40. The molecule has 3 amide bonds. The number of imide groups is 1. The lowest BCUT2D eigenvalue weighted by atomic mass is 9.76. The molecule has 1 aromatic heterocycles. The summed E-state index contributed by atoms with van der Waals surface area (Å²) in [6, 6.07) is 8.79. The van der Waals surface area contributed by atoms with Crippen molar-refractivity contribution < 1.29 is 23.5 Å². The van der Waals surface area contributed by atoms with Crippen molar-refractivity contribution in [3.8, 4) is 0 Å². The van der Waals surface area contributed by atoms with Crippen molar-refractivity contribution in [3.63, 3.8) is 0 Å². The van der Waals surface area contributed by atoms with Gasteiger partial charge >= 0.3 is 12.0 Å². The molecule has 0 unspecified atom stereocenters. The number of nitrogens with zero attached hydrogens (tertiary/aromatic N) is 1. The van der Waals surface area contributed by atoms with Crippen LogP contribution in [-0.2, 0) is 28.0 Å². The highest BCUT2D eigenvalue weighted by atomic mass is 16.5. The Morgan fingerprint density at radius 1 is 1.33 bits per heavy atom. The van der Waals surface area contributed by atoms with Crippen LogP contribution in [0.4, 0.5) is 4.79 Å². The van der Waals surface area contributed by atoms with Gasteiger partial charge in [0.25, 0.3) is 5.91 Å². The van der Waals surface area contributed by atoms with E-state index in [9.17, 15) is 14.4 Å². The van der Waals surface area contributed by atoms with E-state index in [1.54, 1.807) is 6.92 Å². The van der Waals surface area contributed by atoms with Crippen molar-refractivity contribution in [2.45, 2.75) is 38.3 Å². The molecule has 1 aliphatic heterocycles. The maximum absolute atomic E-state index is 13.3. The average Bonchev–Trinajstić information content (AvgIpc) is 3.15. The molecule has 7 heteroatoms. The molecule has 27 heavy (non-hydrogen) atoms. The van der Waals surface area contributed by atoms with E-state index in [1.165, 1.54) is 13.2 Å². The van der Waals surface area contributed by atoms with Crippen LogP contribution in [-0.4, -0.2) is 29.9 Å². The van der Waals surface area contributed by atoms with E-state index in [0.717, 1.165) is 28.9 Å². The van der Waals surface area contributed by atoms with Crippen LogP contribution in [0.25, 0.3) is 0 Å². The summed E-state index contributed by atoms with van der Waals surface area (Å²) in [6.07, 6.45) is 2.28. The molecule has 1 saturated heterocycles. The van der Waals surface area contributed by atoms with Crippen LogP contribution in [0.3, 0.4) is 0 Å². The van der Waals surface area contributed by atoms with Gasteiger partial charge in [-0.05, 0) is 43.4 Å². The molecular weight excluding hydrogens is 348 g/mol. The third-order valence-corrected chi connectivity index (χ3v) is 5.34. The second kappa shape index (κ2) is 6.26. The first-order chi connectivity index (χ1) is 13.0. The maximum atomic E-state index is 13.3. The van der Waals surface area contributed by atoms with E-state index in [0.29, 0.717) is 17.9 Å². The lowest BCUT2D eigenvalue weighted by Crippen LogP contribution is -2.46. The van der Waals surface area contributed by atoms with Gasteiger partial charge in [-0.25, -0.2) is 9.59 Å². The predicted octanol–water partition coefficient (Wildman–Crippen LogP) is 2.66. The van der Waals surface area contributed by atoms with Crippen LogP contribution >= 0.6 is 0 Å². The fourth-order valence-electron chi connectivity index (χ4n) is 4.05. The SMILES string of the molecule is COC(=O)c1cc(CN2C(=O)N[C@]3(CCCc4ccccc43)C2=O)oc1C. The van der Waals surface area contributed by atoms with E-state index in [1.807, 2.05) is 24.3 Å². The number of rotatable bonds is 3. The Bertz CT molecular complexity index is 948. The molecule has 1 aliphatic carbocycles. The number of nitrogens with one attached hydrogen (secondary N) is 1. The van der Waals surface area contributed by atoms with Crippen molar-refractivity contribution in [2.75, 3.05) is 7.11 Å². The highest BCUT2D eigenvalue weighted by molar-refractivity contribution is 6.07. The van der Waals surface area contributed by atoms with Crippen molar-refractivity contribution in [2.24, 2.45) is 0 Å². The summed E-state index contributed by atoms with van der Waals surface area (Å²) >= 11 is 0. The summed E-state index contributed by atoms with van der Waals surface area (Å²) in [4.78, 5) is 38.8. The average molecular weight is 368 g/mol. The molecule has 140 valence electrons. The molecule has 1 atom stereocenters. The second-order valence-electron chi connectivity index (χ2n) is 6.91. The van der Waals surface area contributed by atoms with Gasteiger partial charge in [0, 0.05) is 0 Å². The van der Waals surface area contributed by atoms with Crippen LogP contribution < -0.4 is 5.32 Å². The van der Waals surface area contributed by atoms with Gasteiger partial charge in [-0.1, -0.05) is 24.3 Å². The van der Waals surface area contributed by atoms with Crippen LogP contribution in [0.2, 0.25) is 0 Å². The van der Waals surface area contributed by atoms with Gasteiger partial charge in [-0.15, -0.1) is 0 Å². The monoisotopic (exact) mass is 368 g/mol. The largest absolute Gasteiger partial charge is 0.465 e. The highest BCUT2D eigenvalue weighted by Gasteiger charge is 2.54. The zero-order valence-corrected chi connectivity index (χ0v) is 15.2. The Kier molecular flexibility index (Phi) is 4.02. The van der Waals surface area contributed by atoms with Crippen LogP contribution in [0.1, 0.15) is 45.8 Å². The maximum Gasteiger partial charge on any atom is 0.341 e. The van der Waals surface area contributed by atoms with E-state index in [4.69, 9.17) is 9.15 Å². The van der Waals surface area contributed by atoms with Gasteiger partial charge in [0.1, 0.15) is 22.6 Å². The number of hydrogen-bond donors (Lipinski definition) is 1. The summed E-state index contributed by atoms with van der Waals surface area (Å²) < 4.78 is 10.3. The Morgan fingerprint density at radius 3 is 2.89 bits per heavy atom. The lowest BCUT2D eigenvalue weighted by molar-refractivity contribution is -0.132. The first-order valence-corrected chi connectivity index (χ1v) is 8.86. The number of fused-ring (bicyclic) bond motifs is 2. The van der Waals surface area contributed by atoms with E-state index in [2.05, 4.69) is 5.32 Å². The normalized spacial score (nSPS) is 21.3. The Hall–Kier alpha value is -3.09.